The molecule has 0 atom stereocenters. The standard InChI is InChI=1S/C23H28N6/c1-19(2)28(18-21-13-11-20(17-24)12-14-21)15-7-4-8-16-29-26-23(25-27-29)22-9-5-3-6-10-22/h3,5-6,9-14,19H,4,7-8,15-16,18H2,1-2H3. The van der Waals surface area contributed by atoms with Gasteiger partial charge in [0.1, 0.15) is 0 Å². The van der Waals surface area contributed by atoms with Gasteiger partial charge in [-0.25, -0.2) is 0 Å². The topological polar surface area (TPSA) is 70.6 Å². The normalized spacial score (nSPS) is 11.1. The second kappa shape index (κ2) is 10.5. The molecule has 0 saturated heterocycles. The first-order valence-electron chi connectivity index (χ1n) is 10.2. The van der Waals surface area contributed by atoms with Crippen LogP contribution in [0.15, 0.2) is 54.6 Å². The monoisotopic (exact) mass is 388 g/mol. The molecule has 1 heterocycles. The van der Waals surface area contributed by atoms with Gasteiger partial charge in [0.15, 0.2) is 0 Å². The molecule has 0 aliphatic rings. The van der Waals surface area contributed by atoms with Gasteiger partial charge in [-0.05, 0) is 56.1 Å². The zero-order valence-electron chi connectivity index (χ0n) is 17.2. The molecule has 0 saturated carbocycles. The number of hydrogen-bond acceptors (Lipinski definition) is 5. The van der Waals surface area contributed by atoms with E-state index >= 15 is 0 Å². The van der Waals surface area contributed by atoms with Crippen LogP contribution >= 0.6 is 0 Å². The van der Waals surface area contributed by atoms with Crippen molar-refractivity contribution >= 4 is 0 Å². The number of unbranched alkanes of at least 4 members (excludes halogenated alkanes) is 2. The van der Waals surface area contributed by atoms with Gasteiger partial charge in [0.2, 0.25) is 5.82 Å². The highest BCUT2D eigenvalue weighted by Gasteiger charge is 2.10. The Labute approximate surface area is 172 Å². The van der Waals surface area contributed by atoms with Crippen molar-refractivity contribution in [3.8, 4) is 17.5 Å². The summed E-state index contributed by atoms with van der Waals surface area (Å²) >= 11 is 0. The fraction of sp³-hybridized carbons (Fsp3) is 0.391. The van der Waals surface area contributed by atoms with Crippen LogP contribution in [-0.4, -0.2) is 37.7 Å². The first kappa shape index (κ1) is 20.7. The quantitative estimate of drug-likeness (QED) is 0.485. The first-order chi connectivity index (χ1) is 14.2. The van der Waals surface area contributed by atoms with Crippen LogP contribution in [0.25, 0.3) is 11.4 Å². The highest BCUT2D eigenvalue weighted by molar-refractivity contribution is 5.52. The summed E-state index contributed by atoms with van der Waals surface area (Å²) in [4.78, 5) is 4.17. The molecular weight excluding hydrogens is 360 g/mol. The molecule has 0 aliphatic heterocycles. The first-order valence-corrected chi connectivity index (χ1v) is 10.2. The molecule has 0 unspecified atom stereocenters. The maximum absolute atomic E-state index is 8.93. The number of rotatable bonds is 10. The summed E-state index contributed by atoms with van der Waals surface area (Å²) < 4.78 is 0. The van der Waals surface area contributed by atoms with Gasteiger partial charge in [0, 0.05) is 18.2 Å². The minimum Gasteiger partial charge on any atom is -0.297 e. The number of aryl methyl sites for hydroxylation is 1. The Kier molecular flexibility index (Phi) is 7.48. The maximum Gasteiger partial charge on any atom is 0.204 e. The SMILES string of the molecule is CC(C)N(CCCCCn1nnc(-c2ccccc2)n1)Cc1ccc(C#N)cc1. The molecule has 29 heavy (non-hydrogen) atoms. The van der Waals surface area contributed by atoms with Crippen LogP contribution in [0.5, 0.6) is 0 Å². The highest BCUT2D eigenvalue weighted by Crippen LogP contribution is 2.13. The van der Waals surface area contributed by atoms with Crippen LogP contribution < -0.4 is 0 Å². The molecule has 6 heteroatoms. The van der Waals surface area contributed by atoms with Gasteiger partial charge in [-0.15, -0.1) is 10.2 Å². The smallest absolute Gasteiger partial charge is 0.204 e. The molecule has 3 aromatic rings. The zero-order valence-corrected chi connectivity index (χ0v) is 17.2. The Bertz CT molecular complexity index is 909. The predicted octanol–water partition coefficient (Wildman–Crippen LogP) is 4.29. The van der Waals surface area contributed by atoms with E-state index in [0.717, 1.165) is 44.5 Å². The minimum atomic E-state index is 0.482. The third-order valence-electron chi connectivity index (χ3n) is 4.99. The zero-order chi connectivity index (χ0) is 20.5. The van der Waals surface area contributed by atoms with E-state index in [1.165, 1.54) is 5.56 Å². The number of nitrogens with zero attached hydrogens (tertiary/aromatic N) is 6. The Balaban J connectivity index is 1.41. The largest absolute Gasteiger partial charge is 0.297 e. The average molecular weight is 389 g/mol. The molecule has 0 amide bonds. The van der Waals surface area contributed by atoms with E-state index in [1.54, 1.807) is 4.80 Å². The number of nitriles is 1. The lowest BCUT2D eigenvalue weighted by Crippen LogP contribution is -2.31. The van der Waals surface area contributed by atoms with E-state index in [-0.39, 0.29) is 0 Å². The van der Waals surface area contributed by atoms with Crippen molar-refractivity contribution in [1.82, 2.24) is 25.1 Å². The second-order valence-corrected chi connectivity index (χ2v) is 7.51. The molecular formula is C23H28N6. The van der Waals surface area contributed by atoms with Gasteiger partial charge >= 0.3 is 0 Å². The van der Waals surface area contributed by atoms with E-state index in [9.17, 15) is 0 Å². The summed E-state index contributed by atoms with van der Waals surface area (Å²) in [6.07, 6.45) is 3.29. The molecule has 6 nitrogen and oxygen atoms in total. The highest BCUT2D eigenvalue weighted by atomic mass is 15.6. The van der Waals surface area contributed by atoms with Crippen LogP contribution in [0.1, 0.15) is 44.2 Å². The van der Waals surface area contributed by atoms with Crippen LogP contribution in [0, 0.1) is 11.3 Å². The van der Waals surface area contributed by atoms with E-state index in [2.05, 4.69) is 52.4 Å². The van der Waals surface area contributed by atoms with E-state index < -0.39 is 0 Å². The third-order valence-corrected chi connectivity index (χ3v) is 4.99. The Morgan fingerprint density at radius 3 is 2.45 bits per heavy atom. The summed E-state index contributed by atoms with van der Waals surface area (Å²) in [6.45, 7) is 7.21. The summed E-state index contributed by atoms with van der Waals surface area (Å²) in [5.41, 5.74) is 2.95. The summed E-state index contributed by atoms with van der Waals surface area (Å²) in [5.74, 6) is 0.680. The fourth-order valence-corrected chi connectivity index (χ4v) is 3.22. The second-order valence-electron chi connectivity index (χ2n) is 7.51. The molecule has 150 valence electrons. The Morgan fingerprint density at radius 1 is 1.00 bits per heavy atom. The number of tetrazole rings is 1. The lowest BCUT2D eigenvalue weighted by Gasteiger charge is -2.26. The third kappa shape index (κ3) is 6.23. The molecule has 3 rings (SSSR count). The van der Waals surface area contributed by atoms with Gasteiger partial charge < -0.3 is 0 Å². The van der Waals surface area contributed by atoms with Crippen LogP contribution in [0.2, 0.25) is 0 Å². The van der Waals surface area contributed by atoms with Crippen molar-refractivity contribution in [3.63, 3.8) is 0 Å². The minimum absolute atomic E-state index is 0.482. The molecule has 2 aromatic carbocycles. The van der Waals surface area contributed by atoms with Gasteiger partial charge in [0.25, 0.3) is 0 Å². The lowest BCUT2D eigenvalue weighted by molar-refractivity contribution is 0.207. The molecule has 1 aromatic heterocycles. The summed E-state index contributed by atoms with van der Waals surface area (Å²) in [7, 11) is 0. The van der Waals surface area contributed by atoms with Gasteiger partial charge in [-0.1, -0.05) is 48.9 Å². The molecule has 0 N–H and O–H groups in total. The van der Waals surface area contributed by atoms with Crippen molar-refractivity contribution in [3.05, 3.63) is 65.7 Å². The van der Waals surface area contributed by atoms with E-state index in [4.69, 9.17) is 5.26 Å². The molecule has 0 spiro atoms. The van der Waals surface area contributed by atoms with Crippen LogP contribution in [0.4, 0.5) is 0 Å². The van der Waals surface area contributed by atoms with Crippen molar-refractivity contribution in [2.45, 2.75) is 52.2 Å². The molecule has 0 radical (unpaired) electrons. The number of hydrogen-bond donors (Lipinski definition) is 0. The van der Waals surface area contributed by atoms with Gasteiger partial charge in [0.05, 0.1) is 18.2 Å². The summed E-state index contributed by atoms with van der Waals surface area (Å²) in [5, 5.41) is 21.7. The Hall–Kier alpha value is -3.04. The van der Waals surface area contributed by atoms with Crippen LogP contribution in [0.3, 0.4) is 0 Å². The molecule has 0 fully saturated rings. The van der Waals surface area contributed by atoms with Gasteiger partial charge in [-0.2, -0.15) is 10.1 Å². The fourth-order valence-electron chi connectivity index (χ4n) is 3.22. The summed E-state index contributed by atoms with van der Waals surface area (Å²) in [6, 6.07) is 20.5. The molecule has 0 aliphatic carbocycles. The lowest BCUT2D eigenvalue weighted by atomic mass is 10.1. The number of benzene rings is 2. The molecule has 0 bridgehead atoms. The van der Waals surface area contributed by atoms with Crippen molar-refractivity contribution in [2.75, 3.05) is 6.54 Å². The average Bonchev–Trinajstić information content (AvgIpc) is 3.22. The number of aromatic nitrogens is 4. The van der Waals surface area contributed by atoms with Crippen LogP contribution in [-0.2, 0) is 13.1 Å². The maximum atomic E-state index is 8.93. The van der Waals surface area contributed by atoms with Crippen molar-refractivity contribution in [2.24, 2.45) is 0 Å². The predicted molar refractivity (Wildman–Crippen MR) is 114 cm³/mol. The van der Waals surface area contributed by atoms with Crippen molar-refractivity contribution in [1.29, 1.82) is 5.26 Å². The van der Waals surface area contributed by atoms with Crippen molar-refractivity contribution < 1.29 is 0 Å². The Morgan fingerprint density at radius 2 is 1.76 bits per heavy atom. The van der Waals surface area contributed by atoms with Gasteiger partial charge in [-0.3, -0.25) is 4.90 Å². The van der Waals surface area contributed by atoms with E-state index in [1.807, 2.05) is 42.5 Å². The van der Waals surface area contributed by atoms with E-state index in [0.29, 0.717) is 17.4 Å².